The molecule has 4 rings (SSSR count). The molecule has 0 aromatic heterocycles. The van der Waals surface area contributed by atoms with Gasteiger partial charge in [0.1, 0.15) is 6.10 Å². The zero-order valence-electron chi connectivity index (χ0n) is 19.2. The van der Waals surface area contributed by atoms with Gasteiger partial charge >= 0.3 is 0 Å². The molecule has 2 aliphatic heterocycles. The Morgan fingerprint density at radius 2 is 1.84 bits per heavy atom. The van der Waals surface area contributed by atoms with E-state index in [4.69, 9.17) is 14.2 Å². The van der Waals surface area contributed by atoms with E-state index in [1.54, 1.807) is 0 Å². The Kier molecular flexibility index (Phi) is 5.27. The highest BCUT2D eigenvalue weighted by Crippen LogP contribution is 2.60. The molecule has 0 aliphatic carbocycles. The van der Waals surface area contributed by atoms with E-state index in [1.165, 1.54) is 7.11 Å². The van der Waals surface area contributed by atoms with Crippen LogP contribution in [0.25, 0.3) is 0 Å². The molecule has 0 radical (unpaired) electrons. The fourth-order valence-corrected chi connectivity index (χ4v) is 4.40. The van der Waals surface area contributed by atoms with Gasteiger partial charge in [-0.25, -0.2) is 0 Å². The normalized spacial score (nSPS) is 18.5. The van der Waals surface area contributed by atoms with Crippen molar-refractivity contribution in [2.75, 3.05) is 13.7 Å². The summed E-state index contributed by atoms with van der Waals surface area (Å²) in [6, 6.07) is 3.80. The van der Waals surface area contributed by atoms with E-state index in [1.807, 2.05) is 52.0 Å². The second-order valence-electron chi connectivity index (χ2n) is 9.24. The van der Waals surface area contributed by atoms with Crippen LogP contribution in [0, 0.1) is 0 Å². The van der Waals surface area contributed by atoms with Crippen LogP contribution in [0.15, 0.2) is 36.4 Å². The van der Waals surface area contributed by atoms with Crippen LogP contribution in [0.5, 0.6) is 34.5 Å². The number of fused-ring (bicyclic) bond motifs is 5. The third-order valence-corrected chi connectivity index (χ3v) is 6.43. The molecule has 0 saturated heterocycles. The number of phenolic OH excluding ortho intramolecular Hbond substituents is 3. The number of allylic oxidation sites excluding steroid dienone is 3. The van der Waals surface area contributed by atoms with E-state index in [0.29, 0.717) is 29.0 Å². The zero-order chi connectivity index (χ0) is 23.4. The molecule has 32 heavy (non-hydrogen) atoms. The van der Waals surface area contributed by atoms with Gasteiger partial charge in [-0.1, -0.05) is 31.6 Å². The van der Waals surface area contributed by atoms with Crippen LogP contribution >= 0.6 is 0 Å². The van der Waals surface area contributed by atoms with Gasteiger partial charge in [-0.05, 0) is 32.4 Å². The second kappa shape index (κ2) is 7.69. The topological polar surface area (TPSA) is 88.4 Å². The summed E-state index contributed by atoms with van der Waals surface area (Å²) in [7, 11) is 1.51. The molecule has 0 bridgehead atoms. The Bertz CT molecular complexity index is 1120. The first-order chi connectivity index (χ1) is 15.1. The van der Waals surface area contributed by atoms with Crippen molar-refractivity contribution in [2.24, 2.45) is 0 Å². The third kappa shape index (κ3) is 3.25. The molecule has 170 valence electrons. The number of hydrogen-bond donors (Lipinski definition) is 3. The maximum atomic E-state index is 11.0. The fourth-order valence-electron chi connectivity index (χ4n) is 4.40. The molecule has 0 amide bonds. The monoisotopic (exact) mass is 438 g/mol. The van der Waals surface area contributed by atoms with Crippen LogP contribution in [-0.2, 0) is 11.8 Å². The van der Waals surface area contributed by atoms with Crippen LogP contribution in [0.4, 0.5) is 0 Å². The predicted octanol–water partition coefficient (Wildman–Crippen LogP) is 5.39. The molecule has 0 fully saturated rings. The van der Waals surface area contributed by atoms with Crippen LogP contribution in [0.3, 0.4) is 0 Å². The summed E-state index contributed by atoms with van der Waals surface area (Å²) in [6.45, 7) is 12.1. The van der Waals surface area contributed by atoms with E-state index in [9.17, 15) is 15.3 Å². The number of aromatic hydroxyl groups is 3. The molecular weight excluding hydrogens is 408 g/mol. The Morgan fingerprint density at radius 3 is 2.47 bits per heavy atom. The van der Waals surface area contributed by atoms with Gasteiger partial charge in [0.25, 0.3) is 0 Å². The summed E-state index contributed by atoms with van der Waals surface area (Å²) in [5, 5.41) is 32.1. The molecule has 2 aliphatic rings. The van der Waals surface area contributed by atoms with E-state index >= 15 is 0 Å². The highest BCUT2D eigenvalue weighted by Gasteiger charge is 2.45. The SMILES string of the molecule is C=CC(C)(C)c1cc2c(c(O)c1OC)OC1c3cc(CC=C(C)C)c(O)c(O)c3OCC21. The number of hydrogen-bond acceptors (Lipinski definition) is 6. The van der Waals surface area contributed by atoms with Gasteiger partial charge in [-0.3, -0.25) is 0 Å². The highest BCUT2D eigenvalue weighted by atomic mass is 16.5. The van der Waals surface area contributed by atoms with Crippen molar-refractivity contribution in [3.63, 3.8) is 0 Å². The Labute approximate surface area is 188 Å². The minimum Gasteiger partial charge on any atom is -0.504 e. The van der Waals surface area contributed by atoms with E-state index in [2.05, 4.69) is 6.58 Å². The van der Waals surface area contributed by atoms with Crippen molar-refractivity contribution in [1.82, 2.24) is 0 Å². The molecule has 2 unspecified atom stereocenters. The average molecular weight is 439 g/mol. The molecular formula is C26H30O6. The lowest BCUT2D eigenvalue weighted by Gasteiger charge is -2.29. The van der Waals surface area contributed by atoms with Crippen LogP contribution in [-0.4, -0.2) is 29.0 Å². The summed E-state index contributed by atoms with van der Waals surface area (Å²) < 4.78 is 17.7. The van der Waals surface area contributed by atoms with Gasteiger partial charge < -0.3 is 29.5 Å². The second-order valence-corrected chi connectivity index (χ2v) is 9.24. The van der Waals surface area contributed by atoms with E-state index in [0.717, 1.165) is 16.7 Å². The molecule has 2 aromatic carbocycles. The van der Waals surface area contributed by atoms with Crippen molar-refractivity contribution in [2.45, 2.75) is 51.6 Å². The molecule has 2 aromatic rings. The lowest BCUT2D eigenvalue weighted by atomic mass is 9.80. The number of methoxy groups -OCH3 is 1. The van der Waals surface area contributed by atoms with E-state index < -0.39 is 11.5 Å². The molecule has 3 N–H and O–H groups in total. The van der Waals surface area contributed by atoms with Crippen LogP contribution < -0.4 is 14.2 Å². The van der Waals surface area contributed by atoms with Crippen molar-refractivity contribution >= 4 is 0 Å². The van der Waals surface area contributed by atoms with Crippen LogP contribution in [0.2, 0.25) is 0 Å². The minimum atomic E-state index is -0.469. The summed E-state index contributed by atoms with van der Waals surface area (Å²) >= 11 is 0. The molecule has 0 saturated carbocycles. The number of phenols is 3. The summed E-state index contributed by atoms with van der Waals surface area (Å²) in [5.74, 6) is 0.215. The number of benzene rings is 2. The van der Waals surface area contributed by atoms with Gasteiger partial charge in [-0.2, -0.15) is 0 Å². The highest BCUT2D eigenvalue weighted by molar-refractivity contribution is 5.67. The molecule has 2 atom stereocenters. The van der Waals surface area contributed by atoms with E-state index in [-0.39, 0.29) is 35.5 Å². The Hall–Kier alpha value is -3.28. The van der Waals surface area contributed by atoms with Gasteiger partial charge in [0.2, 0.25) is 11.5 Å². The summed E-state index contributed by atoms with van der Waals surface area (Å²) in [5.41, 5.74) is 3.52. The van der Waals surface area contributed by atoms with Crippen molar-refractivity contribution in [1.29, 1.82) is 0 Å². The fraction of sp³-hybridized carbons (Fsp3) is 0.385. The summed E-state index contributed by atoms with van der Waals surface area (Å²) in [6.07, 6.45) is 3.79. The molecule has 6 nitrogen and oxygen atoms in total. The van der Waals surface area contributed by atoms with Crippen molar-refractivity contribution in [3.8, 4) is 34.5 Å². The maximum absolute atomic E-state index is 11.0. The average Bonchev–Trinajstić information content (AvgIpc) is 3.14. The summed E-state index contributed by atoms with van der Waals surface area (Å²) in [4.78, 5) is 0. The van der Waals surface area contributed by atoms with Gasteiger partial charge in [0, 0.05) is 27.7 Å². The van der Waals surface area contributed by atoms with Crippen molar-refractivity contribution in [3.05, 3.63) is 58.7 Å². The van der Waals surface area contributed by atoms with Gasteiger partial charge in [0.15, 0.2) is 23.0 Å². The maximum Gasteiger partial charge on any atom is 0.201 e. The lowest BCUT2D eigenvalue weighted by Crippen LogP contribution is -2.23. The largest absolute Gasteiger partial charge is 0.504 e. The Balaban J connectivity index is 1.85. The predicted molar refractivity (Wildman–Crippen MR) is 122 cm³/mol. The standard InChI is InChI=1S/C26H30O6/c1-7-26(4,5)18-11-15-17-12-31-23-16(22(17)32-24(15)21(29)25(18)30-6)10-14(9-8-13(2)3)19(27)20(23)28/h7-8,10-11,17,22,27-29H,1,9,12H2,2-6H3. The van der Waals surface area contributed by atoms with Gasteiger partial charge in [-0.15, -0.1) is 6.58 Å². The number of ether oxygens (including phenoxy) is 3. The zero-order valence-corrected chi connectivity index (χ0v) is 19.2. The first-order valence-electron chi connectivity index (χ1n) is 10.7. The van der Waals surface area contributed by atoms with Crippen molar-refractivity contribution < 1.29 is 29.5 Å². The lowest BCUT2D eigenvalue weighted by molar-refractivity contribution is 0.133. The molecule has 2 heterocycles. The molecule has 0 spiro atoms. The number of rotatable bonds is 5. The van der Waals surface area contributed by atoms with Gasteiger partial charge in [0.05, 0.1) is 19.6 Å². The van der Waals surface area contributed by atoms with Crippen LogP contribution in [0.1, 0.15) is 62.0 Å². The minimum absolute atomic E-state index is 0.0568. The Morgan fingerprint density at radius 1 is 1.12 bits per heavy atom. The smallest absolute Gasteiger partial charge is 0.201 e. The first kappa shape index (κ1) is 21.9. The first-order valence-corrected chi connectivity index (χ1v) is 10.7. The molecule has 6 heteroatoms. The third-order valence-electron chi connectivity index (χ3n) is 6.43. The quantitative estimate of drug-likeness (QED) is 0.428.